The number of aromatic nitrogens is 2. The third kappa shape index (κ3) is 3.39. The van der Waals surface area contributed by atoms with Crippen molar-refractivity contribution in [2.24, 2.45) is 10.1 Å². The molecule has 0 spiro atoms. The number of carbonyl (C=O) groups is 1. The van der Waals surface area contributed by atoms with E-state index in [4.69, 9.17) is 16.1 Å². The summed E-state index contributed by atoms with van der Waals surface area (Å²) in [6.07, 6.45) is 5.39. The number of rotatable bonds is 3. The van der Waals surface area contributed by atoms with Crippen LogP contribution in [0.3, 0.4) is 0 Å². The Balaban J connectivity index is 2.20. The van der Waals surface area contributed by atoms with Crippen LogP contribution in [0, 0.1) is 19.3 Å². The molecule has 0 fully saturated rings. The Kier molecular flexibility index (Phi) is 4.30. The van der Waals surface area contributed by atoms with Gasteiger partial charge in [-0.2, -0.15) is 4.99 Å². The first-order valence-electron chi connectivity index (χ1n) is 6.91. The Morgan fingerprint density at radius 3 is 2.84 bits per heavy atom. The van der Waals surface area contributed by atoms with Crippen LogP contribution in [0.5, 0.6) is 0 Å². The number of hydrogen-bond acceptors (Lipinski definition) is 6. The molecule has 0 aliphatic rings. The maximum atomic E-state index is 12.2. The predicted molar refractivity (Wildman–Crippen MR) is 91.2 cm³/mol. The van der Waals surface area contributed by atoms with E-state index in [9.17, 15) is 13.2 Å². The minimum absolute atomic E-state index is 0.0286. The molecule has 0 radical (unpaired) electrons. The van der Waals surface area contributed by atoms with Crippen molar-refractivity contribution in [2.45, 2.75) is 18.4 Å². The van der Waals surface area contributed by atoms with Gasteiger partial charge < -0.3 is 9.09 Å². The third-order valence-electron chi connectivity index (χ3n) is 3.28. The van der Waals surface area contributed by atoms with Crippen LogP contribution >= 0.6 is 11.3 Å². The van der Waals surface area contributed by atoms with Gasteiger partial charge in [-0.1, -0.05) is 22.4 Å². The smallest absolute Gasteiger partial charge is 0.301 e. The largest absolute Gasteiger partial charge is 0.361 e. The molecular formula is C15H12N4O4S2. The summed E-state index contributed by atoms with van der Waals surface area (Å²) in [5.41, 5.74) is 0.727. The Bertz CT molecular complexity index is 1190. The van der Waals surface area contributed by atoms with Gasteiger partial charge in [0, 0.05) is 6.07 Å². The molecule has 1 aromatic carbocycles. The van der Waals surface area contributed by atoms with E-state index >= 15 is 0 Å². The van der Waals surface area contributed by atoms with Gasteiger partial charge in [-0.25, -0.2) is 13.6 Å². The van der Waals surface area contributed by atoms with Gasteiger partial charge >= 0.3 is 5.91 Å². The average Bonchev–Trinajstić information content (AvgIpc) is 3.11. The van der Waals surface area contributed by atoms with Crippen molar-refractivity contribution in [1.82, 2.24) is 9.72 Å². The summed E-state index contributed by atoms with van der Waals surface area (Å²) in [4.78, 5) is 16.6. The summed E-state index contributed by atoms with van der Waals surface area (Å²) < 4.78 is 30.1. The van der Waals surface area contributed by atoms with Crippen molar-refractivity contribution < 1.29 is 17.7 Å². The van der Waals surface area contributed by atoms with Crippen LogP contribution in [0.4, 0.5) is 0 Å². The SMILES string of the molecule is C#CCn1c(=NC(=O)c2cc(C)on2)sc2cc(S(N)(=O)=O)ccc21. The molecule has 2 heterocycles. The first-order chi connectivity index (χ1) is 11.8. The highest BCUT2D eigenvalue weighted by Gasteiger charge is 2.14. The Hall–Kier alpha value is -2.74. The molecule has 0 aliphatic carbocycles. The molecule has 3 aromatic rings. The van der Waals surface area contributed by atoms with Crippen molar-refractivity contribution in [3.63, 3.8) is 0 Å². The molecule has 0 saturated heterocycles. The van der Waals surface area contributed by atoms with Crippen molar-refractivity contribution in [3.05, 3.63) is 40.5 Å². The molecule has 2 aromatic heterocycles. The monoisotopic (exact) mass is 376 g/mol. The van der Waals surface area contributed by atoms with Gasteiger partial charge in [0.1, 0.15) is 5.76 Å². The van der Waals surface area contributed by atoms with Gasteiger partial charge in [-0.15, -0.1) is 6.42 Å². The van der Waals surface area contributed by atoms with Crippen molar-refractivity contribution in [2.75, 3.05) is 0 Å². The third-order valence-corrected chi connectivity index (χ3v) is 5.23. The molecule has 8 nitrogen and oxygen atoms in total. The second-order valence-corrected chi connectivity index (χ2v) is 7.66. The number of hydrogen-bond donors (Lipinski definition) is 1. The van der Waals surface area contributed by atoms with Crippen molar-refractivity contribution >= 4 is 37.5 Å². The van der Waals surface area contributed by atoms with Crippen LogP contribution in [0.25, 0.3) is 10.2 Å². The van der Waals surface area contributed by atoms with E-state index in [2.05, 4.69) is 16.1 Å². The summed E-state index contributed by atoms with van der Waals surface area (Å²) in [5, 5.41) is 8.78. The van der Waals surface area contributed by atoms with Crippen LogP contribution in [-0.4, -0.2) is 24.0 Å². The number of fused-ring (bicyclic) bond motifs is 1. The molecule has 0 atom stereocenters. The quantitative estimate of drug-likeness (QED) is 0.684. The number of amides is 1. The Morgan fingerprint density at radius 2 is 2.24 bits per heavy atom. The lowest BCUT2D eigenvalue weighted by Gasteiger charge is -2.01. The number of primary sulfonamides is 1. The van der Waals surface area contributed by atoms with Crippen molar-refractivity contribution in [1.29, 1.82) is 0 Å². The molecule has 10 heteroatoms. The molecule has 0 unspecified atom stereocenters. The van der Waals surface area contributed by atoms with Gasteiger partial charge in [0.15, 0.2) is 10.5 Å². The molecule has 0 aliphatic heterocycles. The highest BCUT2D eigenvalue weighted by Crippen LogP contribution is 2.21. The highest BCUT2D eigenvalue weighted by atomic mass is 32.2. The van der Waals surface area contributed by atoms with Gasteiger partial charge in [0.2, 0.25) is 10.0 Å². The van der Waals surface area contributed by atoms with Crippen LogP contribution in [0.15, 0.2) is 38.7 Å². The van der Waals surface area contributed by atoms with Crippen LogP contribution in [-0.2, 0) is 16.6 Å². The highest BCUT2D eigenvalue weighted by molar-refractivity contribution is 7.89. The second-order valence-electron chi connectivity index (χ2n) is 5.09. The van der Waals surface area contributed by atoms with E-state index in [1.807, 2.05) is 0 Å². The number of nitrogens with zero attached hydrogens (tertiary/aromatic N) is 3. The van der Waals surface area contributed by atoms with Crippen LogP contribution in [0.1, 0.15) is 16.2 Å². The number of terminal acetylenes is 1. The maximum Gasteiger partial charge on any atom is 0.301 e. The summed E-state index contributed by atoms with van der Waals surface area (Å²) in [5.74, 6) is 2.39. The minimum Gasteiger partial charge on any atom is -0.361 e. The minimum atomic E-state index is -3.84. The van der Waals surface area contributed by atoms with Gasteiger partial charge in [0.05, 0.1) is 21.7 Å². The van der Waals surface area contributed by atoms with E-state index < -0.39 is 15.9 Å². The number of thiazole rings is 1. The number of sulfonamides is 1. The summed E-state index contributed by atoms with van der Waals surface area (Å²) in [6.45, 7) is 1.83. The zero-order valence-corrected chi connectivity index (χ0v) is 14.6. The number of aryl methyl sites for hydroxylation is 1. The van der Waals surface area contributed by atoms with Gasteiger partial charge in [-0.05, 0) is 25.1 Å². The average molecular weight is 376 g/mol. The van der Waals surface area contributed by atoms with Gasteiger partial charge in [-0.3, -0.25) is 4.79 Å². The standard InChI is InChI=1S/C15H12N4O4S2/c1-3-6-19-12-5-4-10(25(16,21)22)8-13(12)24-15(19)17-14(20)11-7-9(2)23-18-11/h1,4-5,7-8H,6H2,2H3,(H2,16,21,22). The fraction of sp³-hybridized carbons (Fsp3) is 0.133. The molecular weight excluding hydrogens is 364 g/mol. The topological polar surface area (TPSA) is 121 Å². The molecule has 0 bridgehead atoms. The van der Waals surface area contributed by atoms with E-state index in [0.29, 0.717) is 20.8 Å². The fourth-order valence-corrected chi connectivity index (χ4v) is 3.85. The molecule has 0 saturated carbocycles. The first-order valence-corrected chi connectivity index (χ1v) is 9.28. The summed E-state index contributed by atoms with van der Waals surface area (Å²) >= 11 is 1.13. The lowest BCUT2D eigenvalue weighted by atomic mass is 10.3. The zero-order valence-electron chi connectivity index (χ0n) is 13.0. The predicted octanol–water partition coefficient (Wildman–Crippen LogP) is 1.02. The fourth-order valence-electron chi connectivity index (χ4n) is 2.17. The maximum absolute atomic E-state index is 12.2. The van der Waals surface area contributed by atoms with E-state index in [1.165, 1.54) is 18.2 Å². The normalized spacial score (nSPS) is 12.4. The number of benzene rings is 1. The lowest BCUT2D eigenvalue weighted by Crippen LogP contribution is -2.16. The Morgan fingerprint density at radius 1 is 1.48 bits per heavy atom. The molecule has 2 N–H and O–H groups in total. The molecule has 25 heavy (non-hydrogen) atoms. The number of carbonyl (C=O) groups excluding carboxylic acids is 1. The van der Waals surface area contributed by atoms with E-state index in [1.54, 1.807) is 17.6 Å². The Labute approximate surface area is 146 Å². The lowest BCUT2D eigenvalue weighted by molar-refractivity contribution is 0.0989. The zero-order chi connectivity index (χ0) is 18.2. The van der Waals surface area contributed by atoms with E-state index in [-0.39, 0.29) is 17.1 Å². The molecule has 3 rings (SSSR count). The van der Waals surface area contributed by atoms with Crippen LogP contribution in [0.2, 0.25) is 0 Å². The molecule has 1 amide bonds. The van der Waals surface area contributed by atoms with Crippen molar-refractivity contribution in [3.8, 4) is 12.3 Å². The van der Waals surface area contributed by atoms with Crippen LogP contribution < -0.4 is 9.94 Å². The molecule has 128 valence electrons. The second kappa shape index (κ2) is 6.29. The van der Waals surface area contributed by atoms with Gasteiger partial charge in [0.25, 0.3) is 0 Å². The summed E-state index contributed by atoms with van der Waals surface area (Å²) in [6, 6.07) is 5.85. The first kappa shape index (κ1) is 17.1. The summed E-state index contributed by atoms with van der Waals surface area (Å²) in [7, 11) is -3.84. The number of nitrogens with two attached hydrogens (primary N) is 1. The van der Waals surface area contributed by atoms with E-state index in [0.717, 1.165) is 11.3 Å².